The van der Waals surface area contributed by atoms with Gasteiger partial charge in [-0.15, -0.1) is 0 Å². The van der Waals surface area contributed by atoms with Gasteiger partial charge in [-0.1, -0.05) is 0 Å². The van der Waals surface area contributed by atoms with E-state index in [9.17, 15) is 40.9 Å². The molecule has 0 aliphatic carbocycles. The van der Waals surface area contributed by atoms with Crippen LogP contribution in [0.1, 0.15) is 11.1 Å². The topological polar surface area (TPSA) is 162 Å². The molecule has 0 aliphatic rings. The average molecular weight is 334 g/mol. The van der Waals surface area contributed by atoms with Gasteiger partial charge in [0, 0.05) is 0 Å². The lowest BCUT2D eigenvalue weighted by Crippen LogP contribution is -1.91. The highest BCUT2D eigenvalue weighted by molar-refractivity contribution is 6.19. The quantitative estimate of drug-likeness (QED) is 0.176. The first-order chi connectivity index (χ1) is 11.1. The van der Waals surface area contributed by atoms with Gasteiger partial charge in [-0.2, -0.15) is 0 Å². The molecule has 8 nitrogen and oxygen atoms in total. The van der Waals surface area contributed by atoms with Gasteiger partial charge in [-0.3, -0.25) is 0 Å². The number of rotatable bonds is 0. The van der Waals surface area contributed by atoms with Crippen molar-refractivity contribution >= 4 is 21.5 Å². The second kappa shape index (κ2) is 4.54. The summed E-state index contributed by atoms with van der Waals surface area (Å²) in [7, 11) is 0. The minimum absolute atomic E-state index is 0.223. The number of aromatic hydroxyl groups is 8. The number of fused-ring (bicyclic) bond motifs is 2. The maximum atomic E-state index is 10.4. The highest BCUT2D eigenvalue weighted by Gasteiger charge is 2.29. The molecule has 3 rings (SSSR count). The van der Waals surface area contributed by atoms with Crippen molar-refractivity contribution < 1.29 is 40.9 Å². The van der Waals surface area contributed by atoms with Gasteiger partial charge in [-0.05, 0) is 25.0 Å². The summed E-state index contributed by atoms with van der Waals surface area (Å²) in [6, 6.07) is 0. The normalized spacial score (nSPS) is 11.4. The molecule has 8 heteroatoms. The Hall–Kier alpha value is -3.42. The summed E-state index contributed by atoms with van der Waals surface area (Å²) in [5, 5.41) is 78.7. The molecule has 0 radical (unpaired) electrons. The zero-order valence-electron chi connectivity index (χ0n) is 12.6. The lowest BCUT2D eigenvalue weighted by molar-refractivity contribution is 0.349. The van der Waals surface area contributed by atoms with Crippen molar-refractivity contribution in [2.75, 3.05) is 0 Å². The lowest BCUT2D eigenvalue weighted by Gasteiger charge is -2.18. The highest BCUT2D eigenvalue weighted by Crippen LogP contribution is 2.59. The fraction of sp³-hybridized carbons (Fsp3) is 0.125. The Morgan fingerprint density at radius 3 is 0.875 bits per heavy atom. The molecule has 3 aromatic rings. The monoisotopic (exact) mass is 334 g/mol. The van der Waals surface area contributed by atoms with Crippen LogP contribution in [0, 0.1) is 13.8 Å². The van der Waals surface area contributed by atoms with Crippen molar-refractivity contribution in [3.63, 3.8) is 0 Å². The molecule has 0 bridgehead atoms. The van der Waals surface area contributed by atoms with Crippen molar-refractivity contribution in [3.05, 3.63) is 11.1 Å². The van der Waals surface area contributed by atoms with Crippen LogP contribution >= 0.6 is 0 Å². The van der Waals surface area contributed by atoms with Crippen LogP contribution in [0.4, 0.5) is 0 Å². The number of hydrogen-bond donors (Lipinski definition) is 8. The Bertz CT molecular complexity index is 888. The molecule has 0 unspecified atom stereocenters. The zero-order chi connectivity index (χ0) is 18.1. The first kappa shape index (κ1) is 15.5. The van der Waals surface area contributed by atoms with Gasteiger partial charge < -0.3 is 40.9 Å². The van der Waals surface area contributed by atoms with Crippen LogP contribution < -0.4 is 0 Å². The summed E-state index contributed by atoms with van der Waals surface area (Å²) in [4.78, 5) is 0. The predicted octanol–water partition coefficient (Wildman–Crippen LogP) is 2.25. The first-order valence-electron chi connectivity index (χ1n) is 6.79. The predicted molar refractivity (Wildman–Crippen MR) is 84.2 cm³/mol. The Morgan fingerprint density at radius 1 is 0.333 bits per heavy atom. The van der Waals surface area contributed by atoms with Gasteiger partial charge in [-0.25, -0.2) is 0 Å². The molecule has 0 amide bonds. The minimum Gasteiger partial charge on any atom is -0.507 e. The van der Waals surface area contributed by atoms with E-state index in [4.69, 9.17) is 0 Å². The second-order valence-electron chi connectivity index (χ2n) is 5.54. The average Bonchev–Trinajstić information content (AvgIpc) is 2.55. The van der Waals surface area contributed by atoms with Crippen molar-refractivity contribution in [2.24, 2.45) is 0 Å². The number of phenolic OH excluding ortho intramolecular Hbond substituents is 8. The lowest BCUT2D eigenvalue weighted by atomic mass is 9.93. The molecule has 0 aromatic heterocycles. The second-order valence-corrected chi connectivity index (χ2v) is 5.54. The molecule has 0 atom stereocenters. The van der Waals surface area contributed by atoms with Crippen molar-refractivity contribution in [1.29, 1.82) is 0 Å². The summed E-state index contributed by atoms with van der Waals surface area (Å²) in [5.41, 5.74) is 0.446. The van der Waals surface area contributed by atoms with E-state index in [-0.39, 0.29) is 21.9 Å². The molecular formula is C16H14O8. The van der Waals surface area contributed by atoms with Gasteiger partial charge in [0.25, 0.3) is 0 Å². The molecule has 0 aliphatic heterocycles. The Balaban J connectivity index is 2.82. The van der Waals surface area contributed by atoms with Crippen LogP contribution in [0.2, 0.25) is 0 Å². The molecule has 0 heterocycles. The number of benzene rings is 3. The standard InChI is InChI=1S/C16H14O8/c1-3-4(2)10(18)6-5(9(3)17)11(19)7-8(12(6)20)14(22)16(24)15(23)13(7)21/h17-24H,1-2H3. The van der Waals surface area contributed by atoms with Gasteiger partial charge >= 0.3 is 0 Å². The van der Waals surface area contributed by atoms with E-state index in [2.05, 4.69) is 0 Å². The SMILES string of the molecule is Cc1c(C)c(O)c2c(O)c3c(O)c(O)c(O)c(O)c3c(O)c2c1O. The maximum absolute atomic E-state index is 10.4. The maximum Gasteiger partial charge on any atom is 0.205 e. The van der Waals surface area contributed by atoms with Crippen LogP contribution in [0.5, 0.6) is 46.0 Å². The van der Waals surface area contributed by atoms with Gasteiger partial charge in [0.05, 0.1) is 21.5 Å². The fourth-order valence-electron chi connectivity index (χ4n) is 2.84. The van der Waals surface area contributed by atoms with Crippen LogP contribution in [-0.4, -0.2) is 40.9 Å². The zero-order valence-corrected chi connectivity index (χ0v) is 12.6. The number of phenols is 8. The summed E-state index contributed by atoms with van der Waals surface area (Å²) < 4.78 is 0. The van der Waals surface area contributed by atoms with E-state index < -0.39 is 56.8 Å². The first-order valence-corrected chi connectivity index (χ1v) is 6.79. The van der Waals surface area contributed by atoms with E-state index in [1.807, 2.05) is 0 Å². The molecule has 0 saturated carbocycles. The molecule has 24 heavy (non-hydrogen) atoms. The third-order valence-electron chi connectivity index (χ3n) is 4.34. The molecule has 8 N–H and O–H groups in total. The van der Waals surface area contributed by atoms with E-state index in [0.717, 1.165) is 0 Å². The third kappa shape index (κ3) is 1.56. The van der Waals surface area contributed by atoms with Crippen LogP contribution in [-0.2, 0) is 0 Å². The van der Waals surface area contributed by atoms with Crippen LogP contribution in [0.3, 0.4) is 0 Å². The van der Waals surface area contributed by atoms with E-state index >= 15 is 0 Å². The van der Waals surface area contributed by atoms with Gasteiger partial charge in [0.1, 0.15) is 23.0 Å². The molecule has 0 fully saturated rings. The Labute approximate surface area is 134 Å². The molecular weight excluding hydrogens is 320 g/mol. The van der Waals surface area contributed by atoms with E-state index in [0.29, 0.717) is 0 Å². The summed E-state index contributed by atoms with van der Waals surface area (Å²) in [6.45, 7) is 2.94. The van der Waals surface area contributed by atoms with Gasteiger partial charge in [0.2, 0.25) is 11.5 Å². The molecule has 0 saturated heterocycles. The molecule has 126 valence electrons. The summed E-state index contributed by atoms with van der Waals surface area (Å²) >= 11 is 0. The summed E-state index contributed by atoms with van der Waals surface area (Å²) in [5.74, 6) is -6.74. The Morgan fingerprint density at radius 2 is 0.583 bits per heavy atom. The Kier molecular flexibility index (Phi) is 2.93. The smallest absolute Gasteiger partial charge is 0.205 e. The van der Waals surface area contributed by atoms with Crippen molar-refractivity contribution in [1.82, 2.24) is 0 Å². The van der Waals surface area contributed by atoms with Crippen LogP contribution in [0.15, 0.2) is 0 Å². The highest BCUT2D eigenvalue weighted by atomic mass is 16.3. The largest absolute Gasteiger partial charge is 0.507 e. The van der Waals surface area contributed by atoms with Crippen molar-refractivity contribution in [2.45, 2.75) is 13.8 Å². The van der Waals surface area contributed by atoms with Crippen LogP contribution in [0.25, 0.3) is 21.5 Å². The van der Waals surface area contributed by atoms with E-state index in [1.54, 1.807) is 0 Å². The fourth-order valence-corrected chi connectivity index (χ4v) is 2.84. The minimum atomic E-state index is -1.11. The molecule has 0 spiro atoms. The molecule has 3 aromatic carbocycles. The third-order valence-corrected chi connectivity index (χ3v) is 4.34. The van der Waals surface area contributed by atoms with Crippen molar-refractivity contribution in [3.8, 4) is 46.0 Å². The summed E-state index contributed by atoms with van der Waals surface area (Å²) in [6.07, 6.45) is 0. The van der Waals surface area contributed by atoms with E-state index in [1.165, 1.54) is 13.8 Å². The number of hydrogen-bond acceptors (Lipinski definition) is 8. The van der Waals surface area contributed by atoms with Gasteiger partial charge in [0.15, 0.2) is 11.5 Å².